The molecule has 3 rings (SSSR count). The predicted molar refractivity (Wildman–Crippen MR) is 133 cm³/mol. The number of sulfonamides is 1. The maximum atomic E-state index is 13.2. The van der Waals surface area contributed by atoms with Gasteiger partial charge in [0.05, 0.1) is 17.5 Å². The molecule has 0 bridgehead atoms. The molecule has 3 aromatic rings. The van der Waals surface area contributed by atoms with Crippen LogP contribution in [0.3, 0.4) is 0 Å². The minimum atomic E-state index is -3.94. The lowest BCUT2D eigenvalue weighted by molar-refractivity contribution is -0.123. The van der Waals surface area contributed by atoms with Crippen molar-refractivity contribution < 1.29 is 17.9 Å². The summed E-state index contributed by atoms with van der Waals surface area (Å²) in [6, 6.07) is 21.8. The van der Waals surface area contributed by atoms with E-state index < -0.39 is 22.0 Å². The Kier molecular flexibility index (Phi) is 8.66. The van der Waals surface area contributed by atoms with Gasteiger partial charge in [-0.1, -0.05) is 58.4 Å². The lowest BCUT2D eigenvalue weighted by atomic mass is 10.0. The Balaban J connectivity index is 1.81. The summed E-state index contributed by atoms with van der Waals surface area (Å²) in [6.45, 7) is 4.20. The first-order valence-corrected chi connectivity index (χ1v) is 12.9. The Morgan fingerprint density at radius 2 is 1.70 bits per heavy atom. The number of halogens is 1. The fourth-order valence-corrected chi connectivity index (χ4v) is 4.96. The number of hydrogen-bond acceptors (Lipinski definition) is 4. The van der Waals surface area contributed by atoms with Crippen LogP contribution in [-0.2, 0) is 21.2 Å². The molecule has 33 heavy (non-hydrogen) atoms. The summed E-state index contributed by atoms with van der Waals surface area (Å²) in [7, 11) is -3.94. The molecule has 0 aliphatic carbocycles. The molecule has 0 aromatic heterocycles. The zero-order chi connectivity index (χ0) is 23.8. The number of rotatable bonds is 10. The molecule has 0 spiro atoms. The van der Waals surface area contributed by atoms with Crippen molar-refractivity contribution >= 4 is 31.9 Å². The molecule has 0 fully saturated rings. The molecule has 6 nitrogen and oxygen atoms in total. The third kappa shape index (κ3) is 7.15. The summed E-state index contributed by atoms with van der Waals surface area (Å²) >= 11 is 3.44. The number of benzene rings is 3. The van der Waals surface area contributed by atoms with Gasteiger partial charge >= 0.3 is 0 Å². The summed E-state index contributed by atoms with van der Waals surface area (Å²) in [5.41, 5.74) is 1.76. The molecule has 0 aliphatic rings. The van der Waals surface area contributed by atoms with E-state index in [0.29, 0.717) is 12.4 Å². The van der Waals surface area contributed by atoms with Gasteiger partial charge in [0.2, 0.25) is 15.9 Å². The quantitative estimate of drug-likeness (QED) is 0.400. The molecule has 0 radical (unpaired) electrons. The molecule has 1 amide bonds. The van der Waals surface area contributed by atoms with E-state index in [0.717, 1.165) is 15.6 Å². The highest BCUT2D eigenvalue weighted by molar-refractivity contribution is 9.10. The van der Waals surface area contributed by atoms with E-state index in [-0.39, 0.29) is 17.4 Å². The van der Waals surface area contributed by atoms with E-state index in [9.17, 15) is 13.2 Å². The first-order chi connectivity index (χ1) is 15.8. The normalized spacial score (nSPS) is 13.2. The fourth-order valence-electron chi connectivity index (χ4n) is 3.35. The second kappa shape index (κ2) is 11.4. The minimum Gasteiger partial charge on any atom is -0.494 e. The fraction of sp³-hybridized carbons (Fsp3) is 0.240. The van der Waals surface area contributed by atoms with Crippen LogP contribution < -0.4 is 14.8 Å². The summed E-state index contributed by atoms with van der Waals surface area (Å²) in [5.74, 6) is 0.179. The third-order valence-corrected chi connectivity index (χ3v) is 7.03. The van der Waals surface area contributed by atoms with Crippen molar-refractivity contribution in [2.45, 2.75) is 37.2 Å². The number of hydrogen-bond donors (Lipinski definition) is 2. The Labute approximate surface area is 203 Å². The summed E-state index contributed by atoms with van der Waals surface area (Å²) in [4.78, 5) is 13.3. The second-order valence-electron chi connectivity index (χ2n) is 7.55. The molecular formula is C25H27BrN2O4S. The van der Waals surface area contributed by atoms with E-state index in [1.165, 1.54) is 12.1 Å². The van der Waals surface area contributed by atoms with Crippen molar-refractivity contribution in [2.24, 2.45) is 0 Å². The van der Waals surface area contributed by atoms with E-state index in [2.05, 4.69) is 26.0 Å². The lowest BCUT2D eigenvalue weighted by Gasteiger charge is -2.22. The highest BCUT2D eigenvalue weighted by atomic mass is 79.9. The smallest absolute Gasteiger partial charge is 0.241 e. The predicted octanol–water partition coefficient (Wildman–Crippen LogP) is 4.61. The average molecular weight is 531 g/mol. The Morgan fingerprint density at radius 1 is 1.00 bits per heavy atom. The number of amides is 1. The van der Waals surface area contributed by atoms with Crippen molar-refractivity contribution in [3.8, 4) is 5.75 Å². The van der Waals surface area contributed by atoms with Crippen LogP contribution in [0.1, 0.15) is 31.0 Å². The average Bonchev–Trinajstić information content (AvgIpc) is 2.80. The molecule has 0 aliphatic heterocycles. The maximum absolute atomic E-state index is 13.2. The van der Waals surface area contributed by atoms with Gasteiger partial charge in [0.25, 0.3) is 0 Å². The summed E-state index contributed by atoms with van der Waals surface area (Å²) < 4.78 is 35.0. The first kappa shape index (κ1) is 25.0. The molecule has 0 saturated carbocycles. The van der Waals surface area contributed by atoms with Gasteiger partial charge in [0.1, 0.15) is 11.8 Å². The number of nitrogens with one attached hydrogen (secondary N) is 2. The van der Waals surface area contributed by atoms with Crippen molar-refractivity contribution in [2.75, 3.05) is 6.61 Å². The van der Waals surface area contributed by atoms with Gasteiger partial charge in [0.15, 0.2) is 0 Å². The number of carbonyl (C=O) groups is 1. The van der Waals surface area contributed by atoms with Crippen LogP contribution in [0.2, 0.25) is 0 Å². The van der Waals surface area contributed by atoms with E-state index in [1.807, 2.05) is 68.4 Å². The molecular weight excluding hydrogens is 504 g/mol. The Hall–Kier alpha value is -2.68. The standard InChI is InChI=1S/C25H27BrN2O4S/c1-3-32-22-12-14-23(15-13-22)33(30,31)28-24(16-19-8-5-4-6-9-19)25(29)27-18(2)20-10-7-11-21(26)17-20/h4-15,17-18,24,28H,3,16H2,1-2H3,(H,27,29)/t18-,24-/m1/s1. The second-order valence-corrected chi connectivity index (χ2v) is 10.2. The molecule has 2 atom stereocenters. The summed E-state index contributed by atoms with van der Waals surface area (Å²) in [5, 5.41) is 2.94. The maximum Gasteiger partial charge on any atom is 0.241 e. The zero-order valence-electron chi connectivity index (χ0n) is 18.5. The van der Waals surface area contributed by atoms with Crippen molar-refractivity contribution in [3.63, 3.8) is 0 Å². The van der Waals surface area contributed by atoms with Crippen LogP contribution >= 0.6 is 15.9 Å². The first-order valence-electron chi connectivity index (χ1n) is 10.6. The monoisotopic (exact) mass is 530 g/mol. The Bertz CT molecular complexity index is 1170. The van der Waals surface area contributed by atoms with Gasteiger partial charge in [-0.2, -0.15) is 4.72 Å². The topological polar surface area (TPSA) is 84.5 Å². The molecule has 0 saturated heterocycles. The van der Waals surface area contributed by atoms with E-state index in [1.54, 1.807) is 12.1 Å². The van der Waals surface area contributed by atoms with E-state index in [4.69, 9.17) is 4.74 Å². The van der Waals surface area contributed by atoms with Crippen LogP contribution in [0.4, 0.5) is 0 Å². The van der Waals surface area contributed by atoms with Crippen LogP contribution in [0.15, 0.2) is 88.2 Å². The van der Waals surface area contributed by atoms with Gasteiger partial charge in [-0.3, -0.25) is 4.79 Å². The van der Waals surface area contributed by atoms with Gasteiger partial charge in [0, 0.05) is 4.47 Å². The van der Waals surface area contributed by atoms with Gasteiger partial charge in [-0.15, -0.1) is 0 Å². The van der Waals surface area contributed by atoms with Gasteiger partial charge < -0.3 is 10.1 Å². The minimum absolute atomic E-state index is 0.0665. The molecule has 8 heteroatoms. The number of ether oxygens (including phenoxy) is 1. The van der Waals surface area contributed by atoms with Crippen molar-refractivity contribution in [1.82, 2.24) is 10.0 Å². The molecule has 0 heterocycles. The van der Waals surface area contributed by atoms with Crippen LogP contribution in [0, 0.1) is 0 Å². The number of carbonyl (C=O) groups excluding carboxylic acids is 1. The highest BCUT2D eigenvalue weighted by Gasteiger charge is 2.27. The largest absolute Gasteiger partial charge is 0.494 e. The molecule has 3 aromatic carbocycles. The van der Waals surface area contributed by atoms with Gasteiger partial charge in [-0.25, -0.2) is 8.42 Å². The third-order valence-electron chi connectivity index (χ3n) is 5.05. The highest BCUT2D eigenvalue weighted by Crippen LogP contribution is 2.19. The van der Waals surface area contributed by atoms with E-state index >= 15 is 0 Å². The van der Waals surface area contributed by atoms with Crippen LogP contribution in [-0.4, -0.2) is 27.0 Å². The summed E-state index contributed by atoms with van der Waals surface area (Å²) in [6.07, 6.45) is 0.216. The van der Waals surface area contributed by atoms with Gasteiger partial charge in [-0.05, 0) is 67.8 Å². The molecule has 2 N–H and O–H groups in total. The van der Waals surface area contributed by atoms with Crippen molar-refractivity contribution in [1.29, 1.82) is 0 Å². The van der Waals surface area contributed by atoms with Crippen LogP contribution in [0.25, 0.3) is 0 Å². The van der Waals surface area contributed by atoms with Crippen LogP contribution in [0.5, 0.6) is 5.75 Å². The SMILES string of the molecule is CCOc1ccc(S(=O)(=O)N[C@H](Cc2ccccc2)C(=O)N[C@H](C)c2cccc(Br)c2)cc1. The zero-order valence-corrected chi connectivity index (χ0v) is 20.9. The molecule has 174 valence electrons. The molecule has 0 unspecified atom stereocenters. The lowest BCUT2D eigenvalue weighted by Crippen LogP contribution is -2.48. The Morgan fingerprint density at radius 3 is 2.33 bits per heavy atom. The van der Waals surface area contributed by atoms with Crippen molar-refractivity contribution in [3.05, 3.63) is 94.5 Å².